The Morgan fingerprint density at radius 2 is 1.61 bits per heavy atom. The standard InChI is InChI=1S/C23H30ClN3O4/c24-19-15-18(16-20-23(19)31-14-13-30-20)5-6-21(28)27-11-9-25(10-12-27)17-22(29)26-7-3-1-2-4-8-26/h5-6,15-16H,1-4,7-14,17H2. The van der Waals surface area contributed by atoms with Gasteiger partial charge in [-0.3, -0.25) is 14.5 Å². The summed E-state index contributed by atoms with van der Waals surface area (Å²) in [5.74, 6) is 1.34. The molecule has 2 saturated heterocycles. The van der Waals surface area contributed by atoms with Crippen LogP contribution >= 0.6 is 11.6 Å². The second kappa shape index (κ2) is 10.4. The summed E-state index contributed by atoms with van der Waals surface area (Å²) in [4.78, 5) is 31.2. The Bertz CT molecular complexity index is 828. The first-order valence-electron chi connectivity index (χ1n) is 11.2. The molecule has 3 aliphatic heterocycles. The molecule has 31 heavy (non-hydrogen) atoms. The molecule has 4 rings (SSSR count). The Labute approximate surface area is 188 Å². The van der Waals surface area contributed by atoms with Crippen molar-refractivity contribution in [2.75, 3.05) is 59.0 Å². The van der Waals surface area contributed by atoms with Gasteiger partial charge in [-0.1, -0.05) is 24.4 Å². The van der Waals surface area contributed by atoms with Crippen LogP contribution in [0.1, 0.15) is 31.2 Å². The maximum absolute atomic E-state index is 12.6. The lowest BCUT2D eigenvalue weighted by Gasteiger charge is -2.35. The number of hydrogen-bond donors (Lipinski definition) is 0. The monoisotopic (exact) mass is 447 g/mol. The zero-order chi connectivity index (χ0) is 21.6. The highest BCUT2D eigenvalue weighted by molar-refractivity contribution is 6.32. The van der Waals surface area contributed by atoms with Gasteiger partial charge in [0.1, 0.15) is 13.2 Å². The fraction of sp³-hybridized carbons (Fsp3) is 0.565. The van der Waals surface area contributed by atoms with Crippen molar-refractivity contribution < 1.29 is 19.1 Å². The minimum atomic E-state index is -0.0375. The Morgan fingerprint density at radius 3 is 2.35 bits per heavy atom. The van der Waals surface area contributed by atoms with Crippen molar-refractivity contribution in [2.45, 2.75) is 25.7 Å². The second-order valence-corrected chi connectivity index (χ2v) is 8.66. The number of halogens is 1. The van der Waals surface area contributed by atoms with Crippen molar-refractivity contribution in [1.82, 2.24) is 14.7 Å². The summed E-state index contributed by atoms with van der Waals surface area (Å²) in [5.41, 5.74) is 0.796. The molecule has 0 bridgehead atoms. The summed E-state index contributed by atoms with van der Waals surface area (Å²) in [5, 5.41) is 0.479. The van der Waals surface area contributed by atoms with E-state index in [-0.39, 0.29) is 11.8 Å². The Hall–Kier alpha value is -2.25. The first-order chi connectivity index (χ1) is 15.1. The van der Waals surface area contributed by atoms with Crippen LogP contribution in [0.25, 0.3) is 6.08 Å². The number of carbonyl (C=O) groups excluding carboxylic acids is 2. The molecule has 0 atom stereocenters. The van der Waals surface area contributed by atoms with Gasteiger partial charge in [0.15, 0.2) is 11.5 Å². The van der Waals surface area contributed by atoms with Gasteiger partial charge in [-0.25, -0.2) is 0 Å². The molecule has 2 amide bonds. The quantitative estimate of drug-likeness (QED) is 0.664. The third-order valence-electron chi connectivity index (χ3n) is 6.04. The predicted octanol–water partition coefficient (Wildman–Crippen LogP) is 2.67. The van der Waals surface area contributed by atoms with Gasteiger partial charge in [-0.05, 0) is 36.6 Å². The lowest BCUT2D eigenvalue weighted by molar-refractivity contribution is -0.133. The predicted molar refractivity (Wildman–Crippen MR) is 120 cm³/mol. The van der Waals surface area contributed by atoms with E-state index < -0.39 is 0 Å². The second-order valence-electron chi connectivity index (χ2n) is 8.26. The van der Waals surface area contributed by atoms with Crippen LogP contribution in [0.3, 0.4) is 0 Å². The summed E-state index contributed by atoms with van der Waals surface area (Å²) in [6, 6.07) is 3.60. The van der Waals surface area contributed by atoms with Gasteiger partial charge in [0.2, 0.25) is 11.8 Å². The molecule has 0 spiro atoms. The molecule has 8 heteroatoms. The molecule has 1 aromatic rings. The van der Waals surface area contributed by atoms with E-state index in [9.17, 15) is 9.59 Å². The fourth-order valence-corrected chi connectivity index (χ4v) is 4.51. The van der Waals surface area contributed by atoms with Crippen molar-refractivity contribution >= 4 is 29.5 Å². The van der Waals surface area contributed by atoms with Gasteiger partial charge >= 0.3 is 0 Å². The van der Waals surface area contributed by atoms with E-state index in [0.29, 0.717) is 49.4 Å². The Morgan fingerprint density at radius 1 is 0.903 bits per heavy atom. The largest absolute Gasteiger partial charge is 0.486 e. The van der Waals surface area contributed by atoms with E-state index in [0.717, 1.165) is 44.6 Å². The van der Waals surface area contributed by atoms with E-state index in [1.54, 1.807) is 18.2 Å². The number of fused-ring (bicyclic) bond motifs is 1. The van der Waals surface area contributed by atoms with E-state index in [1.165, 1.54) is 12.8 Å². The molecule has 2 fully saturated rings. The third-order valence-corrected chi connectivity index (χ3v) is 6.32. The zero-order valence-electron chi connectivity index (χ0n) is 17.9. The maximum Gasteiger partial charge on any atom is 0.246 e. The van der Waals surface area contributed by atoms with Crippen LogP contribution < -0.4 is 9.47 Å². The van der Waals surface area contributed by atoms with E-state index in [2.05, 4.69) is 4.90 Å². The molecular weight excluding hydrogens is 418 g/mol. The highest BCUT2D eigenvalue weighted by Gasteiger charge is 2.24. The molecule has 3 aliphatic rings. The van der Waals surface area contributed by atoms with E-state index in [4.69, 9.17) is 21.1 Å². The van der Waals surface area contributed by atoms with Crippen LogP contribution in [0.2, 0.25) is 5.02 Å². The Balaban J connectivity index is 1.26. The molecule has 0 unspecified atom stereocenters. The molecular formula is C23H30ClN3O4. The van der Waals surface area contributed by atoms with Crippen LogP contribution in [0.5, 0.6) is 11.5 Å². The number of likely N-dealkylation sites (tertiary alicyclic amines) is 1. The van der Waals surface area contributed by atoms with Gasteiger partial charge < -0.3 is 19.3 Å². The normalized spacial score (nSPS) is 20.0. The fourth-order valence-electron chi connectivity index (χ4n) is 4.24. The molecule has 0 saturated carbocycles. The van der Waals surface area contributed by atoms with Gasteiger partial charge in [-0.15, -0.1) is 0 Å². The average Bonchev–Trinajstić information content (AvgIpc) is 3.08. The number of piperazine rings is 1. The summed E-state index contributed by atoms with van der Waals surface area (Å²) >= 11 is 6.26. The first kappa shape index (κ1) is 22.0. The number of hydrogen-bond acceptors (Lipinski definition) is 5. The lowest BCUT2D eigenvalue weighted by atomic mass is 10.1. The molecule has 7 nitrogen and oxygen atoms in total. The SMILES string of the molecule is O=C(C=Cc1cc(Cl)c2c(c1)OCCO2)N1CCN(CC(=O)N2CCCCCC2)CC1. The maximum atomic E-state index is 12.6. The van der Waals surface area contributed by atoms with Crippen LogP contribution in [-0.4, -0.2) is 85.5 Å². The smallest absolute Gasteiger partial charge is 0.246 e. The number of carbonyl (C=O) groups is 2. The number of benzene rings is 1. The summed E-state index contributed by atoms with van der Waals surface area (Å²) in [7, 11) is 0. The van der Waals surface area contributed by atoms with Gasteiger partial charge in [-0.2, -0.15) is 0 Å². The highest BCUT2D eigenvalue weighted by atomic mass is 35.5. The minimum absolute atomic E-state index is 0.0375. The van der Waals surface area contributed by atoms with Crippen LogP contribution in [-0.2, 0) is 9.59 Å². The molecule has 0 N–H and O–H groups in total. The van der Waals surface area contributed by atoms with Gasteiger partial charge in [0, 0.05) is 45.3 Å². The minimum Gasteiger partial charge on any atom is -0.486 e. The van der Waals surface area contributed by atoms with Gasteiger partial charge in [0.25, 0.3) is 0 Å². The molecule has 1 aromatic carbocycles. The van der Waals surface area contributed by atoms with Gasteiger partial charge in [0.05, 0.1) is 11.6 Å². The lowest BCUT2D eigenvalue weighted by Crippen LogP contribution is -2.51. The van der Waals surface area contributed by atoms with Crippen LogP contribution in [0.4, 0.5) is 0 Å². The zero-order valence-corrected chi connectivity index (χ0v) is 18.6. The van der Waals surface area contributed by atoms with Crippen LogP contribution in [0.15, 0.2) is 18.2 Å². The van der Waals surface area contributed by atoms with E-state index >= 15 is 0 Å². The third kappa shape index (κ3) is 5.71. The first-order valence-corrected chi connectivity index (χ1v) is 11.5. The van der Waals surface area contributed by atoms with Crippen molar-refractivity contribution in [3.63, 3.8) is 0 Å². The van der Waals surface area contributed by atoms with Crippen LogP contribution in [0, 0.1) is 0 Å². The molecule has 3 heterocycles. The number of amides is 2. The number of nitrogens with zero attached hydrogens (tertiary/aromatic N) is 3. The van der Waals surface area contributed by atoms with Crippen molar-refractivity contribution in [3.05, 3.63) is 28.8 Å². The van der Waals surface area contributed by atoms with Crippen molar-refractivity contribution in [3.8, 4) is 11.5 Å². The van der Waals surface area contributed by atoms with Crippen molar-refractivity contribution in [2.24, 2.45) is 0 Å². The topological polar surface area (TPSA) is 62.3 Å². The van der Waals surface area contributed by atoms with Crippen molar-refractivity contribution in [1.29, 1.82) is 0 Å². The summed E-state index contributed by atoms with van der Waals surface area (Å²) in [6.07, 6.45) is 7.97. The molecule has 0 aliphatic carbocycles. The molecule has 0 aromatic heterocycles. The molecule has 168 valence electrons. The molecule has 0 radical (unpaired) electrons. The Kier molecular flexibility index (Phi) is 7.35. The number of rotatable bonds is 4. The average molecular weight is 448 g/mol. The summed E-state index contributed by atoms with van der Waals surface area (Å²) in [6.45, 7) is 5.86. The number of ether oxygens (including phenoxy) is 2. The van der Waals surface area contributed by atoms with E-state index in [1.807, 2.05) is 15.9 Å². The summed E-state index contributed by atoms with van der Waals surface area (Å²) < 4.78 is 11.1. The highest BCUT2D eigenvalue weighted by Crippen LogP contribution is 2.38.